The summed E-state index contributed by atoms with van der Waals surface area (Å²) in [5, 5.41) is 5.75. The maximum atomic E-state index is 12.9. The van der Waals surface area contributed by atoms with Gasteiger partial charge >= 0.3 is 6.03 Å². The Labute approximate surface area is 164 Å². The third-order valence-corrected chi connectivity index (χ3v) is 4.76. The largest absolute Gasteiger partial charge is 0.494 e. The van der Waals surface area contributed by atoms with Crippen molar-refractivity contribution in [2.75, 3.05) is 31.4 Å². The summed E-state index contributed by atoms with van der Waals surface area (Å²) in [6.45, 7) is 2.49. The molecule has 0 saturated carbocycles. The van der Waals surface area contributed by atoms with Crippen LogP contribution < -0.4 is 20.1 Å². The number of rotatable bonds is 5. The minimum atomic E-state index is -0.556. The number of hydrogen-bond acceptors (Lipinski definition) is 4. The van der Waals surface area contributed by atoms with Crippen molar-refractivity contribution in [3.8, 4) is 11.5 Å². The Bertz CT molecular complexity index is 846. The van der Waals surface area contributed by atoms with E-state index in [2.05, 4.69) is 10.6 Å². The Balaban J connectivity index is 1.74. The van der Waals surface area contributed by atoms with Gasteiger partial charge in [-0.15, -0.1) is 0 Å². The van der Waals surface area contributed by atoms with Crippen molar-refractivity contribution in [1.29, 1.82) is 0 Å². The number of likely N-dealkylation sites (tertiary alicyclic amines) is 1. The third-order valence-electron chi connectivity index (χ3n) is 4.76. The maximum Gasteiger partial charge on any atom is 0.322 e. The van der Waals surface area contributed by atoms with Crippen molar-refractivity contribution in [3.63, 3.8) is 0 Å². The number of aryl methyl sites for hydroxylation is 1. The topological polar surface area (TPSA) is 79.9 Å². The van der Waals surface area contributed by atoms with Gasteiger partial charge in [0, 0.05) is 12.2 Å². The van der Waals surface area contributed by atoms with Crippen molar-refractivity contribution in [2.45, 2.75) is 25.8 Å². The standard InChI is InChI=1S/C21H25N3O4/c1-14-7-4-8-15(13-14)22-21(26)24-12-6-9-16(24)20(25)23-19-17(27-2)10-5-11-18(19)28-3/h4-5,7-8,10-11,13,16H,6,9,12H2,1-3H3,(H,22,26)(H,23,25). The average Bonchev–Trinajstić information content (AvgIpc) is 3.18. The smallest absolute Gasteiger partial charge is 0.322 e. The second-order valence-corrected chi connectivity index (χ2v) is 6.68. The minimum absolute atomic E-state index is 0.264. The summed E-state index contributed by atoms with van der Waals surface area (Å²) >= 11 is 0. The summed E-state index contributed by atoms with van der Waals surface area (Å²) in [5.74, 6) is 0.739. The van der Waals surface area contributed by atoms with Gasteiger partial charge < -0.3 is 25.0 Å². The number of benzene rings is 2. The molecule has 1 fully saturated rings. The van der Waals surface area contributed by atoms with Crippen LogP contribution in [-0.4, -0.2) is 43.6 Å². The highest BCUT2D eigenvalue weighted by Gasteiger charge is 2.35. The first-order valence-electron chi connectivity index (χ1n) is 9.19. The Kier molecular flexibility index (Phi) is 6.03. The van der Waals surface area contributed by atoms with Gasteiger partial charge in [-0.3, -0.25) is 4.79 Å². The fourth-order valence-corrected chi connectivity index (χ4v) is 3.38. The number of amides is 3. The lowest BCUT2D eigenvalue weighted by atomic mass is 10.2. The molecule has 1 heterocycles. The number of nitrogens with one attached hydrogen (secondary N) is 2. The molecule has 7 heteroatoms. The molecule has 1 aliphatic rings. The van der Waals surface area contributed by atoms with Gasteiger partial charge in [0.05, 0.1) is 14.2 Å². The molecule has 148 valence electrons. The van der Waals surface area contributed by atoms with Gasteiger partial charge in [-0.2, -0.15) is 0 Å². The predicted octanol–water partition coefficient (Wildman–Crippen LogP) is 3.65. The highest BCUT2D eigenvalue weighted by molar-refractivity contribution is 6.01. The molecule has 2 aromatic rings. The molecule has 0 bridgehead atoms. The molecule has 3 rings (SSSR count). The van der Waals surface area contributed by atoms with Gasteiger partial charge in [0.25, 0.3) is 0 Å². The molecule has 1 atom stereocenters. The monoisotopic (exact) mass is 383 g/mol. The van der Waals surface area contributed by atoms with Crippen LogP contribution in [0.2, 0.25) is 0 Å². The molecule has 7 nitrogen and oxygen atoms in total. The third kappa shape index (κ3) is 4.19. The summed E-state index contributed by atoms with van der Waals surface area (Å²) in [4.78, 5) is 27.2. The van der Waals surface area contributed by atoms with E-state index in [0.717, 1.165) is 12.0 Å². The Hall–Kier alpha value is -3.22. The predicted molar refractivity (Wildman–Crippen MR) is 108 cm³/mol. The number of anilines is 2. The molecule has 0 aliphatic carbocycles. The van der Waals surface area contributed by atoms with E-state index in [0.29, 0.717) is 35.8 Å². The van der Waals surface area contributed by atoms with Crippen molar-refractivity contribution >= 4 is 23.3 Å². The van der Waals surface area contributed by atoms with E-state index in [4.69, 9.17) is 9.47 Å². The maximum absolute atomic E-state index is 12.9. The molecule has 2 N–H and O–H groups in total. The number of urea groups is 1. The van der Waals surface area contributed by atoms with Crippen molar-refractivity contribution in [1.82, 2.24) is 4.90 Å². The second-order valence-electron chi connectivity index (χ2n) is 6.68. The molecule has 28 heavy (non-hydrogen) atoms. The van der Waals surface area contributed by atoms with E-state index in [1.807, 2.05) is 31.2 Å². The van der Waals surface area contributed by atoms with Crippen LogP contribution in [0.4, 0.5) is 16.2 Å². The van der Waals surface area contributed by atoms with Crippen LogP contribution in [-0.2, 0) is 4.79 Å². The van der Waals surface area contributed by atoms with E-state index in [1.165, 1.54) is 14.2 Å². The Morgan fingerprint density at radius 3 is 2.36 bits per heavy atom. The van der Waals surface area contributed by atoms with Gasteiger partial charge in [0.15, 0.2) is 0 Å². The normalized spacial score (nSPS) is 15.8. The lowest BCUT2D eigenvalue weighted by Crippen LogP contribution is -2.45. The van der Waals surface area contributed by atoms with Crippen LogP contribution in [0.3, 0.4) is 0 Å². The molecular formula is C21H25N3O4. The molecule has 1 aliphatic heterocycles. The number of carbonyl (C=O) groups is 2. The summed E-state index contributed by atoms with van der Waals surface area (Å²) in [7, 11) is 3.06. The quantitative estimate of drug-likeness (QED) is 0.826. The van der Waals surface area contributed by atoms with Gasteiger partial charge in [0.1, 0.15) is 23.2 Å². The highest BCUT2D eigenvalue weighted by atomic mass is 16.5. The number of methoxy groups -OCH3 is 2. The molecule has 0 radical (unpaired) electrons. The van der Waals surface area contributed by atoms with Gasteiger partial charge in [-0.05, 0) is 49.6 Å². The van der Waals surface area contributed by atoms with Crippen LogP contribution >= 0.6 is 0 Å². The SMILES string of the molecule is COc1cccc(OC)c1NC(=O)C1CCCN1C(=O)Nc1cccc(C)c1. The number of nitrogens with zero attached hydrogens (tertiary/aromatic N) is 1. The second kappa shape index (κ2) is 8.65. The summed E-state index contributed by atoms with van der Waals surface area (Å²) in [5.41, 5.74) is 2.22. The van der Waals surface area contributed by atoms with E-state index >= 15 is 0 Å². The number of hydrogen-bond donors (Lipinski definition) is 2. The lowest BCUT2D eigenvalue weighted by molar-refractivity contribution is -0.119. The molecule has 0 aromatic heterocycles. The van der Waals surface area contributed by atoms with Crippen molar-refractivity contribution in [3.05, 3.63) is 48.0 Å². The molecular weight excluding hydrogens is 358 g/mol. The Morgan fingerprint density at radius 2 is 1.71 bits per heavy atom. The van der Waals surface area contributed by atoms with E-state index in [-0.39, 0.29) is 11.9 Å². The fraction of sp³-hybridized carbons (Fsp3) is 0.333. The zero-order valence-corrected chi connectivity index (χ0v) is 16.3. The number of para-hydroxylation sites is 1. The van der Waals surface area contributed by atoms with Crippen LogP contribution in [0.25, 0.3) is 0 Å². The molecule has 2 aromatic carbocycles. The molecule has 0 spiro atoms. The minimum Gasteiger partial charge on any atom is -0.494 e. The first kappa shape index (κ1) is 19.5. The molecule has 1 saturated heterocycles. The number of carbonyl (C=O) groups excluding carboxylic acids is 2. The fourth-order valence-electron chi connectivity index (χ4n) is 3.38. The first-order valence-corrected chi connectivity index (χ1v) is 9.19. The molecule has 3 amide bonds. The number of ether oxygens (including phenoxy) is 2. The highest BCUT2D eigenvalue weighted by Crippen LogP contribution is 2.35. The van der Waals surface area contributed by atoms with Gasteiger partial charge in [-0.1, -0.05) is 18.2 Å². The van der Waals surface area contributed by atoms with Gasteiger partial charge in [0.2, 0.25) is 5.91 Å². The Morgan fingerprint density at radius 1 is 1.04 bits per heavy atom. The zero-order chi connectivity index (χ0) is 20.1. The van der Waals surface area contributed by atoms with Crippen LogP contribution in [0.1, 0.15) is 18.4 Å². The first-order chi connectivity index (χ1) is 13.5. The summed E-state index contributed by atoms with van der Waals surface area (Å²) in [6.07, 6.45) is 1.37. The van der Waals surface area contributed by atoms with Crippen LogP contribution in [0, 0.1) is 6.92 Å². The van der Waals surface area contributed by atoms with Crippen LogP contribution in [0.15, 0.2) is 42.5 Å². The lowest BCUT2D eigenvalue weighted by Gasteiger charge is -2.25. The average molecular weight is 383 g/mol. The molecule has 1 unspecified atom stereocenters. The van der Waals surface area contributed by atoms with Gasteiger partial charge in [-0.25, -0.2) is 4.79 Å². The summed E-state index contributed by atoms with van der Waals surface area (Å²) in [6, 6.07) is 12.0. The van der Waals surface area contributed by atoms with Crippen molar-refractivity contribution < 1.29 is 19.1 Å². The van der Waals surface area contributed by atoms with E-state index < -0.39 is 6.04 Å². The van der Waals surface area contributed by atoms with E-state index in [1.54, 1.807) is 23.1 Å². The summed E-state index contributed by atoms with van der Waals surface area (Å²) < 4.78 is 10.7. The van der Waals surface area contributed by atoms with Crippen molar-refractivity contribution in [2.24, 2.45) is 0 Å². The van der Waals surface area contributed by atoms with E-state index in [9.17, 15) is 9.59 Å². The zero-order valence-electron chi connectivity index (χ0n) is 16.3. The van der Waals surface area contributed by atoms with Crippen LogP contribution in [0.5, 0.6) is 11.5 Å².